The number of pyridine rings is 1. The zero-order valence-electron chi connectivity index (χ0n) is 9.05. The van der Waals surface area contributed by atoms with Crippen molar-refractivity contribution < 1.29 is 0 Å². The maximum atomic E-state index is 8.93. The van der Waals surface area contributed by atoms with Crippen LogP contribution in [0.4, 0.5) is 5.82 Å². The molecule has 0 radical (unpaired) electrons. The molecular formula is C11H15N3. The van der Waals surface area contributed by atoms with Gasteiger partial charge in [0.15, 0.2) is 0 Å². The van der Waals surface area contributed by atoms with Gasteiger partial charge in [-0.3, -0.25) is 0 Å². The van der Waals surface area contributed by atoms with E-state index in [9.17, 15) is 0 Å². The molecule has 0 aliphatic carbocycles. The SMILES string of the molecule is CNc1ccc(C#N)c(C(C)(C)C)n1. The Morgan fingerprint density at radius 1 is 1.36 bits per heavy atom. The summed E-state index contributed by atoms with van der Waals surface area (Å²) in [5, 5.41) is 11.9. The predicted octanol–water partition coefficient (Wildman–Crippen LogP) is 2.29. The summed E-state index contributed by atoms with van der Waals surface area (Å²) in [6, 6.07) is 5.78. The molecule has 1 aromatic heterocycles. The van der Waals surface area contributed by atoms with Gasteiger partial charge in [0.25, 0.3) is 0 Å². The first kappa shape index (κ1) is 10.5. The molecule has 1 heterocycles. The molecule has 14 heavy (non-hydrogen) atoms. The third-order valence-electron chi connectivity index (χ3n) is 1.98. The first-order chi connectivity index (χ1) is 6.49. The molecule has 1 N–H and O–H groups in total. The number of nitrogens with one attached hydrogen (secondary N) is 1. The van der Waals surface area contributed by atoms with E-state index in [1.54, 1.807) is 6.07 Å². The molecule has 3 heteroatoms. The van der Waals surface area contributed by atoms with Crippen LogP contribution in [0.5, 0.6) is 0 Å². The summed E-state index contributed by atoms with van der Waals surface area (Å²) < 4.78 is 0. The highest BCUT2D eigenvalue weighted by molar-refractivity contribution is 5.45. The second-order valence-electron chi connectivity index (χ2n) is 4.20. The molecule has 0 amide bonds. The summed E-state index contributed by atoms with van der Waals surface area (Å²) in [6.07, 6.45) is 0. The Hall–Kier alpha value is -1.56. The monoisotopic (exact) mass is 189 g/mol. The van der Waals surface area contributed by atoms with E-state index in [0.717, 1.165) is 11.5 Å². The minimum atomic E-state index is -0.0993. The van der Waals surface area contributed by atoms with Gasteiger partial charge in [-0.15, -0.1) is 0 Å². The Bertz CT molecular complexity index is 369. The van der Waals surface area contributed by atoms with E-state index in [1.165, 1.54) is 0 Å². The number of nitriles is 1. The number of hydrogen-bond donors (Lipinski definition) is 1. The van der Waals surface area contributed by atoms with Gasteiger partial charge >= 0.3 is 0 Å². The Kier molecular flexibility index (Phi) is 2.76. The summed E-state index contributed by atoms with van der Waals surface area (Å²) in [5.41, 5.74) is 1.39. The molecule has 0 aliphatic heterocycles. The summed E-state index contributed by atoms with van der Waals surface area (Å²) in [5.74, 6) is 0.800. The van der Waals surface area contributed by atoms with Crippen molar-refractivity contribution in [1.82, 2.24) is 4.98 Å². The molecule has 0 atom stereocenters. The molecule has 1 aromatic rings. The highest BCUT2D eigenvalue weighted by Crippen LogP contribution is 2.24. The Labute approximate surface area is 84.8 Å². The van der Waals surface area contributed by atoms with E-state index >= 15 is 0 Å². The van der Waals surface area contributed by atoms with Crippen molar-refractivity contribution in [1.29, 1.82) is 5.26 Å². The zero-order valence-corrected chi connectivity index (χ0v) is 9.05. The Balaban J connectivity index is 3.31. The van der Waals surface area contributed by atoms with Gasteiger partial charge in [-0.25, -0.2) is 4.98 Å². The van der Waals surface area contributed by atoms with Crippen molar-refractivity contribution in [3.05, 3.63) is 23.4 Å². The number of hydrogen-bond acceptors (Lipinski definition) is 3. The van der Waals surface area contributed by atoms with E-state index in [2.05, 4.69) is 37.1 Å². The lowest BCUT2D eigenvalue weighted by Gasteiger charge is -2.19. The normalized spacial score (nSPS) is 10.8. The van der Waals surface area contributed by atoms with Crippen LogP contribution in [0.3, 0.4) is 0 Å². The fraction of sp³-hybridized carbons (Fsp3) is 0.455. The van der Waals surface area contributed by atoms with Crippen LogP contribution in [0.2, 0.25) is 0 Å². The second kappa shape index (κ2) is 3.67. The van der Waals surface area contributed by atoms with E-state index in [1.807, 2.05) is 13.1 Å². The van der Waals surface area contributed by atoms with Crippen molar-refractivity contribution in [2.75, 3.05) is 12.4 Å². The molecule has 0 aromatic carbocycles. The van der Waals surface area contributed by atoms with Gasteiger partial charge in [-0.05, 0) is 12.1 Å². The minimum absolute atomic E-state index is 0.0993. The second-order valence-corrected chi connectivity index (χ2v) is 4.20. The summed E-state index contributed by atoms with van der Waals surface area (Å²) in [6.45, 7) is 6.15. The van der Waals surface area contributed by atoms with Gasteiger partial charge in [0, 0.05) is 12.5 Å². The third kappa shape index (κ3) is 2.02. The van der Waals surface area contributed by atoms with E-state index < -0.39 is 0 Å². The molecule has 0 bridgehead atoms. The highest BCUT2D eigenvalue weighted by Gasteiger charge is 2.20. The van der Waals surface area contributed by atoms with Crippen LogP contribution in [0, 0.1) is 11.3 Å². The van der Waals surface area contributed by atoms with Gasteiger partial charge in [-0.1, -0.05) is 20.8 Å². The molecule has 0 unspecified atom stereocenters. The number of anilines is 1. The topological polar surface area (TPSA) is 48.7 Å². The molecular weight excluding hydrogens is 174 g/mol. The van der Waals surface area contributed by atoms with Gasteiger partial charge in [0.2, 0.25) is 0 Å². The molecule has 0 aliphatic rings. The molecule has 74 valence electrons. The van der Waals surface area contributed by atoms with Crippen molar-refractivity contribution >= 4 is 5.82 Å². The highest BCUT2D eigenvalue weighted by atomic mass is 15.0. The first-order valence-electron chi connectivity index (χ1n) is 4.58. The van der Waals surface area contributed by atoms with E-state index in [4.69, 9.17) is 5.26 Å². The van der Waals surface area contributed by atoms with E-state index in [-0.39, 0.29) is 5.41 Å². The lowest BCUT2D eigenvalue weighted by molar-refractivity contribution is 0.568. The predicted molar refractivity (Wildman–Crippen MR) is 57.2 cm³/mol. The standard InChI is InChI=1S/C11H15N3/c1-11(2,3)10-8(7-12)5-6-9(13-4)14-10/h5-6H,1-4H3,(H,13,14). The zero-order chi connectivity index (χ0) is 10.8. The first-order valence-corrected chi connectivity index (χ1v) is 4.58. The third-order valence-corrected chi connectivity index (χ3v) is 1.98. The number of aromatic nitrogens is 1. The fourth-order valence-electron chi connectivity index (χ4n) is 1.26. The van der Waals surface area contributed by atoms with Crippen molar-refractivity contribution in [2.24, 2.45) is 0 Å². The maximum Gasteiger partial charge on any atom is 0.126 e. The smallest absolute Gasteiger partial charge is 0.126 e. The lowest BCUT2D eigenvalue weighted by Crippen LogP contribution is -2.16. The van der Waals surface area contributed by atoms with Crippen LogP contribution in [-0.2, 0) is 5.41 Å². The number of nitrogens with zero attached hydrogens (tertiary/aromatic N) is 2. The quantitative estimate of drug-likeness (QED) is 0.737. The number of rotatable bonds is 1. The average molecular weight is 189 g/mol. The van der Waals surface area contributed by atoms with Crippen LogP contribution in [-0.4, -0.2) is 12.0 Å². The van der Waals surface area contributed by atoms with E-state index in [0.29, 0.717) is 5.56 Å². The summed E-state index contributed by atoms with van der Waals surface area (Å²) in [4.78, 5) is 4.40. The molecule has 0 saturated heterocycles. The van der Waals surface area contributed by atoms with Crippen LogP contribution < -0.4 is 5.32 Å². The van der Waals surface area contributed by atoms with Gasteiger partial charge in [-0.2, -0.15) is 5.26 Å². The lowest BCUT2D eigenvalue weighted by atomic mass is 9.88. The van der Waals surface area contributed by atoms with Crippen LogP contribution in [0.25, 0.3) is 0 Å². The van der Waals surface area contributed by atoms with Crippen LogP contribution in [0.1, 0.15) is 32.0 Å². The van der Waals surface area contributed by atoms with Crippen LogP contribution >= 0.6 is 0 Å². The van der Waals surface area contributed by atoms with Crippen LogP contribution in [0.15, 0.2) is 12.1 Å². The molecule has 1 rings (SSSR count). The Morgan fingerprint density at radius 3 is 2.43 bits per heavy atom. The largest absolute Gasteiger partial charge is 0.373 e. The van der Waals surface area contributed by atoms with Gasteiger partial charge in [0.1, 0.15) is 11.9 Å². The Morgan fingerprint density at radius 2 is 2.00 bits per heavy atom. The van der Waals surface area contributed by atoms with Crippen molar-refractivity contribution in [3.8, 4) is 6.07 Å². The van der Waals surface area contributed by atoms with Gasteiger partial charge in [0.05, 0.1) is 11.3 Å². The average Bonchev–Trinajstić information content (AvgIpc) is 2.15. The minimum Gasteiger partial charge on any atom is -0.373 e. The van der Waals surface area contributed by atoms with Crippen molar-refractivity contribution in [3.63, 3.8) is 0 Å². The molecule has 0 fully saturated rings. The van der Waals surface area contributed by atoms with Crippen molar-refractivity contribution in [2.45, 2.75) is 26.2 Å². The molecule has 3 nitrogen and oxygen atoms in total. The van der Waals surface area contributed by atoms with Gasteiger partial charge < -0.3 is 5.32 Å². The molecule has 0 spiro atoms. The fourth-order valence-corrected chi connectivity index (χ4v) is 1.26. The maximum absolute atomic E-state index is 8.93. The summed E-state index contributed by atoms with van der Waals surface area (Å²) in [7, 11) is 1.82. The molecule has 0 saturated carbocycles. The summed E-state index contributed by atoms with van der Waals surface area (Å²) >= 11 is 0.